The third kappa shape index (κ3) is 5.94. The molecule has 7 heteroatoms. The lowest BCUT2D eigenvalue weighted by Crippen LogP contribution is -2.27. The van der Waals surface area contributed by atoms with Gasteiger partial charge in [-0.05, 0) is 43.1 Å². The second-order valence-electron chi connectivity index (χ2n) is 5.07. The molecule has 1 aromatic carbocycles. The van der Waals surface area contributed by atoms with Crippen LogP contribution >= 0.6 is 24.0 Å². The largest absolute Gasteiger partial charge is 0.326 e. The van der Waals surface area contributed by atoms with Crippen molar-refractivity contribution in [1.82, 2.24) is 5.32 Å². The van der Waals surface area contributed by atoms with Crippen LogP contribution in [0, 0.1) is 0 Å². The maximum absolute atomic E-state index is 11.9. The molecule has 1 amide bonds. The summed E-state index contributed by atoms with van der Waals surface area (Å²) in [5, 5.41) is 6.75. The first-order chi connectivity index (χ1) is 9.54. The van der Waals surface area contributed by atoms with Gasteiger partial charge in [-0.15, -0.1) is 12.4 Å². The zero-order chi connectivity index (χ0) is 14.5. The number of carbonyl (C=O) groups excluding carboxylic acids is 1. The van der Waals surface area contributed by atoms with E-state index in [1.165, 1.54) is 0 Å². The Kier molecular flexibility index (Phi) is 7.66. The SMILES string of the molecule is CS(=O)Cc1cc(NC(=O)CC2CCCN2)ccc1Cl.Cl. The van der Waals surface area contributed by atoms with E-state index in [1.54, 1.807) is 24.5 Å². The number of amides is 1. The number of halogens is 2. The van der Waals surface area contributed by atoms with Gasteiger partial charge in [-0.1, -0.05) is 11.6 Å². The standard InChI is InChI=1S/C14H19ClN2O2S.ClH/c1-20(19)9-10-7-12(4-5-13(10)15)17-14(18)8-11-3-2-6-16-11;/h4-5,7,11,16H,2-3,6,8-9H2,1H3,(H,17,18);1H. The third-order valence-electron chi connectivity index (χ3n) is 3.28. The molecule has 1 heterocycles. The number of rotatable bonds is 5. The van der Waals surface area contributed by atoms with Crippen LogP contribution in [-0.4, -0.2) is 29.0 Å². The van der Waals surface area contributed by atoms with Crippen LogP contribution in [-0.2, 0) is 21.3 Å². The molecule has 0 bridgehead atoms. The molecule has 1 aliphatic rings. The summed E-state index contributed by atoms with van der Waals surface area (Å²) >= 11 is 6.06. The zero-order valence-electron chi connectivity index (χ0n) is 11.9. The maximum atomic E-state index is 11.9. The Bertz CT molecular complexity index is 520. The highest BCUT2D eigenvalue weighted by atomic mass is 35.5. The molecule has 1 saturated heterocycles. The highest BCUT2D eigenvalue weighted by Crippen LogP contribution is 2.22. The van der Waals surface area contributed by atoms with Crippen LogP contribution in [0.3, 0.4) is 0 Å². The van der Waals surface area contributed by atoms with E-state index in [2.05, 4.69) is 10.6 Å². The lowest BCUT2D eigenvalue weighted by atomic mass is 10.1. The predicted octanol–water partition coefficient (Wildman–Crippen LogP) is 2.72. The van der Waals surface area contributed by atoms with Crippen molar-refractivity contribution in [3.63, 3.8) is 0 Å². The fourth-order valence-electron chi connectivity index (χ4n) is 2.35. The minimum Gasteiger partial charge on any atom is -0.326 e. The van der Waals surface area contributed by atoms with Gasteiger partial charge in [-0.2, -0.15) is 0 Å². The van der Waals surface area contributed by atoms with Crippen molar-refractivity contribution in [1.29, 1.82) is 0 Å². The number of nitrogens with one attached hydrogen (secondary N) is 2. The van der Waals surface area contributed by atoms with Gasteiger partial charge in [0.15, 0.2) is 0 Å². The summed E-state index contributed by atoms with van der Waals surface area (Å²) in [6.45, 7) is 0.991. The van der Waals surface area contributed by atoms with Gasteiger partial charge in [0.05, 0.1) is 0 Å². The molecule has 21 heavy (non-hydrogen) atoms. The molecule has 0 spiro atoms. The number of benzene rings is 1. The molecule has 2 unspecified atom stereocenters. The van der Waals surface area contributed by atoms with E-state index in [1.807, 2.05) is 0 Å². The highest BCUT2D eigenvalue weighted by molar-refractivity contribution is 7.83. The van der Waals surface area contributed by atoms with Crippen LogP contribution in [0.4, 0.5) is 5.69 Å². The van der Waals surface area contributed by atoms with Crippen molar-refractivity contribution in [3.05, 3.63) is 28.8 Å². The minimum absolute atomic E-state index is 0. The molecular weight excluding hydrogens is 331 g/mol. The molecule has 2 atom stereocenters. The number of anilines is 1. The molecule has 4 nitrogen and oxygen atoms in total. The summed E-state index contributed by atoms with van der Waals surface area (Å²) < 4.78 is 11.3. The van der Waals surface area contributed by atoms with Crippen LogP contribution < -0.4 is 10.6 Å². The van der Waals surface area contributed by atoms with Gasteiger partial charge in [0.1, 0.15) is 0 Å². The maximum Gasteiger partial charge on any atom is 0.225 e. The summed E-state index contributed by atoms with van der Waals surface area (Å²) in [7, 11) is -0.959. The van der Waals surface area contributed by atoms with Crippen molar-refractivity contribution in [2.45, 2.75) is 31.1 Å². The Hall–Kier alpha value is -0.620. The van der Waals surface area contributed by atoms with Gasteiger partial charge >= 0.3 is 0 Å². The molecule has 0 aromatic heterocycles. The molecule has 2 rings (SSSR count). The lowest BCUT2D eigenvalue weighted by Gasteiger charge is -2.11. The molecule has 0 radical (unpaired) electrons. The van der Waals surface area contributed by atoms with Gasteiger partial charge in [0.25, 0.3) is 0 Å². The molecule has 0 saturated carbocycles. The van der Waals surface area contributed by atoms with Crippen LogP contribution in [0.25, 0.3) is 0 Å². The van der Waals surface area contributed by atoms with E-state index in [-0.39, 0.29) is 24.4 Å². The topological polar surface area (TPSA) is 58.2 Å². The average Bonchev–Trinajstić information content (AvgIpc) is 2.85. The monoisotopic (exact) mass is 350 g/mol. The smallest absolute Gasteiger partial charge is 0.225 e. The third-order valence-corrected chi connectivity index (χ3v) is 4.37. The van der Waals surface area contributed by atoms with Crippen molar-refractivity contribution >= 4 is 46.4 Å². The number of hydrogen-bond acceptors (Lipinski definition) is 3. The first kappa shape index (κ1) is 18.4. The van der Waals surface area contributed by atoms with Crippen molar-refractivity contribution in [2.75, 3.05) is 18.1 Å². The molecule has 1 aliphatic heterocycles. The van der Waals surface area contributed by atoms with Crippen LogP contribution in [0.5, 0.6) is 0 Å². The highest BCUT2D eigenvalue weighted by Gasteiger charge is 2.17. The zero-order valence-corrected chi connectivity index (χ0v) is 14.2. The second-order valence-corrected chi connectivity index (χ2v) is 6.91. The Balaban J connectivity index is 0.00000220. The predicted molar refractivity (Wildman–Crippen MR) is 90.7 cm³/mol. The second kappa shape index (κ2) is 8.73. The molecular formula is C14H20Cl2N2O2S. The molecule has 1 aromatic rings. The van der Waals surface area contributed by atoms with E-state index in [0.29, 0.717) is 22.9 Å². The molecule has 2 N–H and O–H groups in total. The minimum atomic E-state index is -0.959. The Labute approximate surface area is 138 Å². The summed E-state index contributed by atoms with van der Waals surface area (Å²) in [4.78, 5) is 11.9. The van der Waals surface area contributed by atoms with Crippen LogP contribution in [0.1, 0.15) is 24.8 Å². The summed E-state index contributed by atoms with van der Waals surface area (Å²) in [6, 6.07) is 5.58. The number of hydrogen-bond donors (Lipinski definition) is 2. The van der Waals surface area contributed by atoms with Gasteiger partial charge in [0.2, 0.25) is 5.91 Å². The van der Waals surface area contributed by atoms with Gasteiger partial charge < -0.3 is 10.6 Å². The van der Waals surface area contributed by atoms with E-state index in [4.69, 9.17) is 11.6 Å². The first-order valence-electron chi connectivity index (χ1n) is 6.66. The Morgan fingerprint density at radius 1 is 1.52 bits per heavy atom. The Morgan fingerprint density at radius 3 is 2.90 bits per heavy atom. The fraction of sp³-hybridized carbons (Fsp3) is 0.500. The quantitative estimate of drug-likeness (QED) is 0.858. The van der Waals surface area contributed by atoms with E-state index in [0.717, 1.165) is 24.9 Å². The Morgan fingerprint density at radius 2 is 2.29 bits per heavy atom. The lowest BCUT2D eigenvalue weighted by molar-refractivity contribution is -0.116. The normalized spacial score (nSPS) is 18.9. The van der Waals surface area contributed by atoms with Gasteiger partial charge in [-0.3, -0.25) is 9.00 Å². The molecule has 118 valence electrons. The van der Waals surface area contributed by atoms with Crippen LogP contribution in [0.2, 0.25) is 5.02 Å². The summed E-state index contributed by atoms with van der Waals surface area (Å²) in [5.41, 5.74) is 1.50. The van der Waals surface area contributed by atoms with E-state index < -0.39 is 10.8 Å². The van der Waals surface area contributed by atoms with Crippen molar-refractivity contribution in [3.8, 4) is 0 Å². The van der Waals surface area contributed by atoms with E-state index in [9.17, 15) is 9.00 Å². The van der Waals surface area contributed by atoms with Crippen molar-refractivity contribution < 1.29 is 9.00 Å². The average molecular weight is 351 g/mol. The summed E-state index contributed by atoms with van der Waals surface area (Å²) in [5.74, 6) is 0.391. The van der Waals surface area contributed by atoms with E-state index >= 15 is 0 Å². The number of carbonyl (C=O) groups is 1. The van der Waals surface area contributed by atoms with Crippen LogP contribution in [0.15, 0.2) is 18.2 Å². The van der Waals surface area contributed by atoms with Gasteiger partial charge in [-0.25, -0.2) is 0 Å². The first-order valence-corrected chi connectivity index (χ1v) is 8.77. The fourth-order valence-corrected chi connectivity index (χ4v) is 3.29. The molecule has 1 fully saturated rings. The molecule has 0 aliphatic carbocycles. The van der Waals surface area contributed by atoms with Crippen molar-refractivity contribution in [2.24, 2.45) is 0 Å². The summed E-state index contributed by atoms with van der Waals surface area (Å²) in [6.07, 6.45) is 4.30. The van der Waals surface area contributed by atoms with Gasteiger partial charge in [0, 0.05) is 46.0 Å².